The highest BCUT2D eigenvalue weighted by molar-refractivity contribution is 9.10. The predicted octanol–water partition coefficient (Wildman–Crippen LogP) is 4.96. The minimum Gasteiger partial charge on any atom is -0.337 e. The molecule has 8 heteroatoms. The fourth-order valence-electron chi connectivity index (χ4n) is 2.37. The minimum atomic E-state index is -4.49. The zero-order valence-electron chi connectivity index (χ0n) is 13.7. The van der Waals surface area contributed by atoms with E-state index in [2.05, 4.69) is 26.6 Å². The average molecular weight is 429 g/mol. The highest BCUT2D eigenvalue weighted by atomic mass is 79.9. The van der Waals surface area contributed by atoms with Crippen molar-refractivity contribution in [2.45, 2.75) is 19.0 Å². The van der Waals surface area contributed by atoms with Gasteiger partial charge in [0.2, 0.25) is 0 Å². The van der Waals surface area contributed by atoms with Crippen molar-refractivity contribution in [2.24, 2.45) is 0 Å². The third-order valence-corrected chi connectivity index (χ3v) is 4.41. The number of hydrogen-bond donors (Lipinski definition) is 2. The number of carbonyl (C=O) groups is 2. The molecular weight excluding hydrogens is 413 g/mol. The second-order valence-corrected chi connectivity index (χ2v) is 6.45. The van der Waals surface area contributed by atoms with Crippen molar-refractivity contribution in [3.63, 3.8) is 0 Å². The molecule has 2 aromatic carbocycles. The summed E-state index contributed by atoms with van der Waals surface area (Å²) in [6.45, 7) is 1.43. The highest BCUT2D eigenvalue weighted by Crippen LogP contribution is 2.30. The van der Waals surface area contributed by atoms with Gasteiger partial charge < -0.3 is 10.6 Å². The van der Waals surface area contributed by atoms with E-state index in [0.717, 1.165) is 22.2 Å². The first-order valence-corrected chi connectivity index (χ1v) is 8.45. The number of rotatable bonds is 5. The molecular formula is C18H16BrF3N2O2. The smallest absolute Gasteiger partial charge is 0.337 e. The summed E-state index contributed by atoms with van der Waals surface area (Å²) >= 11 is 3.37. The summed E-state index contributed by atoms with van der Waals surface area (Å²) in [6, 6.07) is 10.8. The third-order valence-electron chi connectivity index (χ3n) is 3.69. The lowest BCUT2D eigenvalue weighted by atomic mass is 9.95. The van der Waals surface area contributed by atoms with Crippen LogP contribution in [-0.2, 0) is 11.0 Å². The summed E-state index contributed by atoms with van der Waals surface area (Å²) < 4.78 is 38.8. The van der Waals surface area contributed by atoms with Gasteiger partial charge in [0.1, 0.15) is 5.78 Å². The van der Waals surface area contributed by atoms with Gasteiger partial charge in [-0.15, -0.1) is 0 Å². The molecule has 2 amide bonds. The van der Waals surface area contributed by atoms with Crippen LogP contribution in [0.3, 0.4) is 0 Å². The summed E-state index contributed by atoms with van der Waals surface area (Å²) in [6.07, 6.45) is -4.49. The highest BCUT2D eigenvalue weighted by Gasteiger charge is 2.30. The van der Waals surface area contributed by atoms with Crippen molar-refractivity contribution in [3.8, 4) is 0 Å². The van der Waals surface area contributed by atoms with Crippen LogP contribution in [0.15, 0.2) is 53.0 Å². The molecule has 1 unspecified atom stereocenters. The Bertz CT molecular complexity index is 809. The molecule has 0 heterocycles. The largest absolute Gasteiger partial charge is 0.416 e. The average Bonchev–Trinajstić information content (AvgIpc) is 2.56. The maximum Gasteiger partial charge on any atom is 0.416 e. The van der Waals surface area contributed by atoms with Gasteiger partial charge in [-0.1, -0.05) is 40.2 Å². The summed E-state index contributed by atoms with van der Waals surface area (Å²) in [7, 11) is 0. The van der Waals surface area contributed by atoms with Crippen LogP contribution in [0.2, 0.25) is 0 Å². The summed E-state index contributed by atoms with van der Waals surface area (Å²) in [5, 5.41) is 4.87. The monoisotopic (exact) mass is 428 g/mol. The van der Waals surface area contributed by atoms with Crippen molar-refractivity contribution < 1.29 is 22.8 Å². The van der Waals surface area contributed by atoms with E-state index in [1.807, 2.05) is 0 Å². The maximum atomic E-state index is 12.7. The number of anilines is 1. The van der Waals surface area contributed by atoms with Crippen molar-refractivity contribution in [3.05, 3.63) is 64.1 Å². The van der Waals surface area contributed by atoms with Gasteiger partial charge in [-0.3, -0.25) is 4.79 Å². The Morgan fingerprint density at radius 2 is 1.81 bits per heavy atom. The number of carbonyl (C=O) groups excluding carboxylic acids is 2. The van der Waals surface area contributed by atoms with Gasteiger partial charge in [-0.2, -0.15) is 13.2 Å². The Hall–Kier alpha value is -2.35. The molecule has 1 atom stereocenters. The lowest BCUT2D eigenvalue weighted by Gasteiger charge is -2.17. The van der Waals surface area contributed by atoms with Crippen molar-refractivity contribution in [2.75, 3.05) is 11.9 Å². The van der Waals surface area contributed by atoms with Gasteiger partial charge >= 0.3 is 12.2 Å². The molecule has 138 valence electrons. The molecule has 4 nitrogen and oxygen atoms in total. The zero-order valence-corrected chi connectivity index (χ0v) is 15.3. The predicted molar refractivity (Wildman–Crippen MR) is 96.0 cm³/mol. The molecule has 2 aromatic rings. The van der Waals surface area contributed by atoms with Gasteiger partial charge in [-0.05, 0) is 36.8 Å². The number of amides is 2. The molecule has 0 aliphatic carbocycles. The SMILES string of the molecule is CC(=O)C(CNC(=O)Nc1cccc(C(F)(F)F)c1)c1ccccc1Br. The molecule has 0 saturated carbocycles. The van der Waals surface area contributed by atoms with E-state index in [1.54, 1.807) is 24.3 Å². The van der Waals surface area contributed by atoms with Crippen molar-refractivity contribution >= 4 is 33.4 Å². The van der Waals surface area contributed by atoms with E-state index in [0.29, 0.717) is 0 Å². The first-order chi connectivity index (χ1) is 12.2. The Balaban J connectivity index is 2.03. The normalized spacial score (nSPS) is 12.3. The molecule has 0 aliphatic rings. The number of hydrogen-bond acceptors (Lipinski definition) is 2. The molecule has 0 spiro atoms. The topological polar surface area (TPSA) is 58.2 Å². The maximum absolute atomic E-state index is 12.7. The second kappa shape index (κ2) is 8.35. The van der Waals surface area contributed by atoms with E-state index >= 15 is 0 Å². The molecule has 26 heavy (non-hydrogen) atoms. The second-order valence-electron chi connectivity index (χ2n) is 5.60. The standard InChI is InChI=1S/C18H16BrF3N2O2/c1-11(25)15(14-7-2-3-8-16(14)19)10-23-17(26)24-13-6-4-5-12(9-13)18(20,21)22/h2-9,15H,10H2,1H3,(H2,23,24,26). The summed E-state index contributed by atoms with van der Waals surface area (Å²) in [5.74, 6) is -0.714. The lowest BCUT2D eigenvalue weighted by molar-refractivity contribution is -0.137. The van der Waals surface area contributed by atoms with E-state index < -0.39 is 23.7 Å². The van der Waals surface area contributed by atoms with Gasteiger partial charge in [0, 0.05) is 16.7 Å². The molecule has 0 fully saturated rings. The minimum absolute atomic E-state index is 0.0117. The number of Topliss-reactive ketones (excluding diaryl/α,β-unsaturated/α-hetero) is 1. The van der Waals surface area contributed by atoms with Gasteiger partial charge in [-0.25, -0.2) is 4.79 Å². The molecule has 2 rings (SSSR count). The van der Waals surface area contributed by atoms with Crippen LogP contribution in [0.1, 0.15) is 24.0 Å². The fraction of sp³-hybridized carbons (Fsp3) is 0.222. The first-order valence-electron chi connectivity index (χ1n) is 7.65. The quantitative estimate of drug-likeness (QED) is 0.706. The molecule has 0 bridgehead atoms. The van der Waals surface area contributed by atoms with E-state index in [9.17, 15) is 22.8 Å². The Kier molecular flexibility index (Phi) is 6.42. The molecule has 0 aromatic heterocycles. The van der Waals surface area contributed by atoms with Gasteiger partial charge in [0.25, 0.3) is 0 Å². The molecule has 0 aliphatic heterocycles. The van der Waals surface area contributed by atoms with E-state index in [1.165, 1.54) is 19.1 Å². The Morgan fingerprint density at radius 1 is 1.12 bits per heavy atom. The van der Waals surface area contributed by atoms with Crippen LogP contribution < -0.4 is 10.6 Å². The molecule has 0 saturated heterocycles. The molecule has 0 radical (unpaired) electrons. The van der Waals surface area contributed by atoms with Crippen molar-refractivity contribution in [1.29, 1.82) is 0 Å². The van der Waals surface area contributed by atoms with Crippen LogP contribution in [0, 0.1) is 0 Å². The number of ketones is 1. The van der Waals surface area contributed by atoms with E-state index in [-0.39, 0.29) is 18.0 Å². The Morgan fingerprint density at radius 3 is 2.42 bits per heavy atom. The molecule has 2 N–H and O–H groups in total. The number of nitrogens with one attached hydrogen (secondary N) is 2. The van der Waals surface area contributed by atoms with Crippen LogP contribution in [0.4, 0.5) is 23.7 Å². The number of urea groups is 1. The zero-order chi connectivity index (χ0) is 19.3. The first kappa shape index (κ1) is 20.0. The summed E-state index contributed by atoms with van der Waals surface area (Å²) in [5.41, 5.74) is -0.123. The third kappa shape index (κ3) is 5.32. The fourth-order valence-corrected chi connectivity index (χ4v) is 2.93. The van der Waals surface area contributed by atoms with Crippen LogP contribution >= 0.6 is 15.9 Å². The lowest BCUT2D eigenvalue weighted by Crippen LogP contribution is -2.34. The Labute approximate surface area is 156 Å². The van der Waals surface area contributed by atoms with Crippen molar-refractivity contribution in [1.82, 2.24) is 5.32 Å². The summed E-state index contributed by atoms with van der Waals surface area (Å²) in [4.78, 5) is 23.9. The van der Waals surface area contributed by atoms with Crippen LogP contribution in [-0.4, -0.2) is 18.4 Å². The van der Waals surface area contributed by atoms with Gasteiger partial charge in [0.05, 0.1) is 11.5 Å². The number of halogens is 4. The number of benzene rings is 2. The van der Waals surface area contributed by atoms with Crippen LogP contribution in [0.5, 0.6) is 0 Å². The van der Waals surface area contributed by atoms with Gasteiger partial charge in [0.15, 0.2) is 0 Å². The number of alkyl halides is 3. The van der Waals surface area contributed by atoms with E-state index in [4.69, 9.17) is 0 Å². The van der Waals surface area contributed by atoms with Crippen LogP contribution in [0.25, 0.3) is 0 Å².